The summed E-state index contributed by atoms with van der Waals surface area (Å²) in [5.41, 5.74) is 1.15. The molecule has 0 saturated carbocycles. The van der Waals surface area contributed by atoms with Gasteiger partial charge in [0, 0.05) is 6.61 Å². The van der Waals surface area contributed by atoms with Gasteiger partial charge in [-0.2, -0.15) is 0 Å². The molecule has 0 aliphatic heterocycles. The fraction of sp³-hybridized carbons (Fsp3) is 0.500. The van der Waals surface area contributed by atoms with Crippen LogP contribution in [0, 0.1) is 0 Å². The van der Waals surface area contributed by atoms with E-state index in [9.17, 15) is 0 Å². The normalized spacial score (nSPS) is 11.6. The number of rotatable bonds is 4. The number of hydrogen-bond acceptors (Lipinski definition) is 1. The van der Waals surface area contributed by atoms with Crippen molar-refractivity contribution in [3.8, 4) is 0 Å². The summed E-state index contributed by atoms with van der Waals surface area (Å²) < 4.78 is 5.14. The molecule has 0 aromatic heterocycles. The van der Waals surface area contributed by atoms with Crippen LogP contribution in [0.1, 0.15) is 13.8 Å². The molecule has 0 N–H and O–H groups in total. The van der Waals surface area contributed by atoms with E-state index < -0.39 is 0 Å². The van der Waals surface area contributed by atoms with Gasteiger partial charge < -0.3 is 4.74 Å². The molecule has 0 heterocycles. The minimum Gasteiger partial charge on any atom is -0.377 e. The molecule has 0 rings (SSSR count). The van der Waals surface area contributed by atoms with E-state index in [0.717, 1.165) is 12.2 Å². The standard InChI is InChI=1S/C8H14O/c1-4-8(5-2)7-9-6-3/h4-5H,1,6-7H2,2-3H3/b8-5+. The Bertz CT molecular complexity index is 103. The molecule has 0 saturated heterocycles. The average Bonchev–Trinajstić information content (AvgIpc) is 1.91. The SMILES string of the molecule is C=C/C(=C\C)COCC. The minimum atomic E-state index is 0.691. The van der Waals surface area contributed by atoms with Crippen molar-refractivity contribution in [1.82, 2.24) is 0 Å². The molecule has 0 aliphatic carbocycles. The second-order valence-corrected chi connectivity index (χ2v) is 1.70. The molecule has 0 atom stereocenters. The van der Waals surface area contributed by atoms with Crippen molar-refractivity contribution in [3.05, 3.63) is 24.3 Å². The van der Waals surface area contributed by atoms with Crippen molar-refractivity contribution in [1.29, 1.82) is 0 Å². The molecule has 0 spiro atoms. The van der Waals surface area contributed by atoms with Crippen molar-refractivity contribution in [2.75, 3.05) is 13.2 Å². The third kappa shape index (κ3) is 3.98. The quantitative estimate of drug-likeness (QED) is 0.524. The van der Waals surface area contributed by atoms with Gasteiger partial charge in [0.25, 0.3) is 0 Å². The number of ether oxygens (including phenoxy) is 1. The zero-order valence-electron chi connectivity index (χ0n) is 6.18. The third-order valence-corrected chi connectivity index (χ3v) is 1.11. The van der Waals surface area contributed by atoms with Crippen molar-refractivity contribution in [2.45, 2.75) is 13.8 Å². The molecule has 0 aromatic carbocycles. The zero-order chi connectivity index (χ0) is 7.11. The Hall–Kier alpha value is -0.560. The summed E-state index contributed by atoms with van der Waals surface area (Å²) in [6.07, 6.45) is 3.82. The van der Waals surface area contributed by atoms with Crippen LogP contribution < -0.4 is 0 Å². The van der Waals surface area contributed by atoms with Gasteiger partial charge in [0.05, 0.1) is 6.61 Å². The summed E-state index contributed by atoms with van der Waals surface area (Å²) in [5.74, 6) is 0. The van der Waals surface area contributed by atoms with Gasteiger partial charge >= 0.3 is 0 Å². The Morgan fingerprint density at radius 3 is 2.67 bits per heavy atom. The van der Waals surface area contributed by atoms with E-state index >= 15 is 0 Å². The highest BCUT2D eigenvalue weighted by atomic mass is 16.5. The smallest absolute Gasteiger partial charge is 0.0713 e. The van der Waals surface area contributed by atoms with E-state index in [-0.39, 0.29) is 0 Å². The lowest BCUT2D eigenvalue weighted by Gasteiger charge is -1.99. The number of allylic oxidation sites excluding steroid dienone is 1. The molecule has 1 nitrogen and oxygen atoms in total. The molecule has 0 bridgehead atoms. The van der Waals surface area contributed by atoms with Crippen LogP contribution in [-0.2, 0) is 4.74 Å². The highest BCUT2D eigenvalue weighted by Crippen LogP contribution is 1.94. The van der Waals surface area contributed by atoms with Crippen molar-refractivity contribution in [3.63, 3.8) is 0 Å². The average molecular weight is 126 g/mol. The molecule has 1 heteroatoms. The van der Waals surface area contributed by atoms with Crippen LogP contribution >= 0.6 is 0 Å². The van der Waals surface area contributed by atoms with Crippen LogP contribution in [0.15, 0.2) is 24.3 Å². The van der Waals surface area contributed by atoms with Gasteiger partial charge in [-0.3, -0.25) is 0 Å². The summed E-state index contributed by atoms with van der Waals surface area (Å²) in [6, 6.07) is 0. The Morgan fingerprint density at radius 1 is 1.67 bits per heavy atom. The van der Waals surface area contributed by atoms with Crippen LogP contribution in [0.3, 0.4) is 0 Å². The molecule has 0 amide bonds. The molecule has 0 unspecified atom stereocenters. The Kier molecular flexibility index (Phi) is 5.23. The van der Waals surface area contributed by atoms with Crippen molar-refractivity contribution >= 4 is 0 Å². The first kappa shape index (κ1) is 8.44. The monoisotopic (exact) mass is 126 g/mol. The second kappa shape index (κ2) is 5.57. The molecule has 9 heavy (non-hydrogen) atoms. The molecular formula is C8H14O. The summed E-state index contributed by atoms with van der Waals surface area (Å²) >= 11 is 0. The van der Waals surface area contributed by atoms with Crippen LogP contribution in [-0.4, -0.2) is 13.2 Å². The van der Waals surface area contributed by atoms with Crippen molar-refractivity contribution in [2.24, 2.45) is 0 Å². The Labute approximate surface area is 57.0 Å². The predicted molar refractivity (Wildman–Crippen MR) is 40.4 cm³/mol. The molecular weight excluding hydrogens is 112 g/mol. The first-order valence-corrected chi connectivity index (χ1v) is 3.20. The summed E-state index contributed by atoms with van der Waals surface area (Å²) in [5, 5.41) is 0. The first-order valence-electron chi connectivity index (χ1n) is 3.20. The topological polar surface area (TPSA) is 9.23 Å². The lowest BCUT2D eigenvalue weighted by Crippen LogP contribution is -1.94. The molecule has 52 valence electrons. The van der Waals surface area contributed by atoms with Crippen LogP contribution in [0.25, 0.3) is 0 Å². The summed E-state index contributed by atoms with van der Waals surface area (Å²) in [4.78, 5) is 0. The zero-order valence-corrected chi connectivity index (χ0v) is 6.18. The largest absolute Gasteiger partial charge is 0.377 e. The van der Waals surface area contributed by atoms with Gasteiger partial charge in [0.15, 0.2) is 0 Å². The fourth-order valence-corrected chi connectivity index (χ4v) is 0.480. The van der Waals surface area contributed by atoms with Crippen LogP contribution in [0.4, 0.5) is 0 Å². The highest BCUT2D eigenvalue weighted by molar-refractivity contribution is 5.15. The second-order valence-electron chi connectivity index (χ2n) is 1.70. The van der Waals surface area contributed by atoms with Gasteiger partial charge in [0.2, 0.25) is 0 Å². The number of hydrogen-bond donors (Lipinski definition) is 0. The maximum Gasteiger partial charge on any atom is 0.0713 e. The molecule has 0 fully saturated rings. The molecule has 0 aliphatic rings. The molecule has 0 radical (unpaired) electrons. The van der Waals surface area contributed by atoms with Gasteiger partial charge in [-0.25, -0.2) is 0 Å². The maximum atomic E-state index is 5.14. The first-order chi connectivity index (χ1) is 4.35. The predicted octanol–water partition coefficient (Wildman–Crippen LogP) is 2.16. The maximum absolute atomic E-state index is 5.14. The third-order valence-electron chi connectivity index (χ3n) is 1.11. The van der Waals surface area contributed by atoms with E-state index in [4.69, 9.17) is 4.74 Å². The van der Waals surface area contributed by atoms with Crippen LogP contribution in [0.5, 0.6) is 0 Å². The van der Waals surface area contributed by atoms with Gasteiger partial charge in [0.1, 0.15) is 0 Å². The van der Waals surface area contributed by atoms with Gasteiger partial charge in [-0.15, -0.1) is 0 Å². The van der Waals surface area contributed by atoms with E-state index in [2.05, 4.69) is 6.58 Å². The lowest BCUT2D eigenvalue weighted by molar-refractivity contribution is 0.173. The Balaban J connectivity index is 3.45. The fourth-order valence-electron chi connectivity index (χ4n) is 0.480. The van der Waals surface area contributed by atoms with E-state index in [1.807, 2.05) is 26.0 Å². The van der Waals surface area contributed by atoms with E-state index in [1.165, 1.54) is 0 Å². The van der Waals surface area contributed by atoms with E-state index in [0.29, 0.717) is 6.61 Å². The van der Waals surface area contributed by atoms with Gasteiger partial charge in [-0.1, -0.05) is 18.7 Å². The summed E-state index contributed by atoms with van der Waals surface area (Å²) in [6.45, 7) is 9.06. The Morgan fingerprint density at radius 2 is 2.33 bits per heavy atom. The van der Waals surface area contributed by atoms with Gasteiger partial charge in [-0.05, 0) is 19.4 Å². The minimum absolute atomic E-state index is 0.691. The molecule has 0 aromatic rings. The van der Waals surface area contributed by atoms with Crippen molar-refractivity contribution < 1.29 is 4.74 Å². The highest BCUT2D eigenvalue weighted by Gasteiger charge is 1.86. The summed E-state index contributed by atoms with van der Waals surface area (Å²) in [7, 11) is 0. The van der Waals surface area contributed by atoms with Crippen LogP contribution in [0.2, 0.25) is 0 Å². The lowest BCUT2D eigenvalue weighted by atomic mass is 10.3. The van der Waals surface area contributed by atoms with E-state index in [1.54, 1.807) is 0 Å².